The van der Waals surface area contributed by atoms with Gasteiger partial charge >= 0.3 is 0 Å². The van der Waals surface area contributed by atoms with Crippen LogP contribution >= 0.6 is 0 Å². The molecule has 2 fully saturated rings. The van der Waals surface area contributed by atoms with Crippen LogP contribution in [-0.2, 0) is 9.59 Å². The van der Waals surface area contributed by atoms with Gasteiger partial charge < -0.3 is 26.0 Å². The smallest absolute Gasteiger partial charge is 0.246 e. The Morgan fingerprint density at radius 3 is 1.81 bits per heavy atom. The zero-order chi connectivity index (χ0) is 36.6. The minimum atomic E-state index is -0.0948. The Hall–Kier alpha value is -6.57. The Bertz CT molecular complexity index is 2200. The van der Waals surface area contributed by atoms with Gasteiger partial charge in [-0.15, -0.1) is 0 Å². The molecule has 2 saturated heterocycles. The summed E-state index contributed by atoms with van der Waals surface area (Å²) in [6.45, 7) is 9.74. The maximum absolute atomic E-state index is 12.4. The molecule has 2 aliphatic heterocycles. The molecule has 2 amide bonds. The second-order valence-corrected chi connectivity index (χ2v) is 13.4. The molecule has 14 nitrogen and oxygen atoms in total. The summed E-state index contributed by atoms with van der Waals surface area (Å²) in [7, 11) is 0. The first kappa shape index (κ1) is 33.6. The van der Waals surface area contributed by atoms with Crippen molar-refractivity contribution in [1.82, 2.24) is 44.3 Å². The molecule has 268 valence electrons. The minimum Gasteiger partial charge on any atom is -0.457 e. The van der Waals surface area contributed by atoms with Crippen molar-refractivity contribution in [3.63, 3.8) is 0 Å². The number of pyridine rings is 1. The Labute approximate surface area is 305 Å². The molecule has 0 bridgehead atoms. The lowest BCUT2D eigenvalue weighted by atomic mass is 10.1. The molecule has 2 aliphatic rings. The van der Waals surface area contributed by atoms with Crippen molar-refractivity contribution in [2.24, 2.45) is 0 Å². The van der Waals surface area contributed by atoms with E-state index in [1.54, 1.807) is 11.1 Å². The molecular weight excluding hydrogens is 671 g/mol. The van der Waals surface area contributed by atoms with Crippen LogP contribution in [0.15, 0.2) is 92.4 Å². The molecule has 2 aromatic carbocycles. The Morgan fingerprint density at radius 1 is 0.698 bits per heavy atom. The average Bonchev–Trinajstić information content (AvgIpc) is 3.79. The highest BCUT2D eigenvalue weighted by Gasteiger charge is 2.29. The fourth-order valence-electron chi connectivity index (χ4n) is 7.51. The number of benzene rings is 2. The van der Waals surface area contributed by atoms with Gasteiger partial charge in [0.05, 0.1) is 28.4 Å². The molecule has 4 N–H and O–H groups in total. The third-order valence-corrected chi connectivity index (χ3v) is 10.1. The van der Waals surface area contributed by atoms with Crippen LogP contribution in [0.2, 0.25) is 0 Å². The van der Waals surface area contributed by atoms with Gasteiger partial charge in [0.25, 0.3) is 0 Å². The van der Waals surface area contributed by atoms with Gasteiger partial charge in [0, 0.05) is 43.5 Å². The summed E-state index contributed by atoms with van der Waals surface area (Å²) >= 11 is 0. The van der Waals surface area contributed by atoms with Crippen LogP contribution in [0.25, 0.3) is 44.5 Å². The van der Waals surface area contributed by atoms with Crippen LogP contribution in [0.1, 0.15) is 37.8 Å². The molecule has 0 unspecified atom stereocenters. The third kappa shape index (κ3) is 6.21. The van der Waals surface area contributed by atoms with Crippen LogP contribution in [0.5, 0.6) is 11.5 Å². The number of fused-ring (bicyclic) bond motifs is 2. The van der Waals surface area contributed by atoms with Gasteiger partial charge in [-0.1, -0.05) is 13.2 Å². The molecule has 0 radical (unpaired) electrons. The van der Waals surface area contributed by atoms with Gasteiger partial charge in [-0.25, -0.2) is 19.6 Å². The third-order valence-electron chi connectivity index (χ3n) is 10.1. The molecule has 2 atom stereocenters. The van der Waals surface area contributed by atoms with E-state index >= 15 is 0 Å². The maximum atomic E-state index is 12.4. The second-order valence-electron chi connectivity index (χ2n) is 13.4. The van der Waals surface area contributed by atoms with E-state index in [0.29, 0.717) is 66.0 Å². The quantitative estimate of drug-likeness (QED) is 0.190. The summed E-state index contributed by atoms with van der Waals surface area (Å²) in [5.41, 5.74) is 17.4. The van der Waals surface area contributed by atoms with Crippen LogP contribution in [0.3, 0.4) is 0 Å². The largest absolute Gasteiger partial charge is 0.457 e. The summed E-state index contributed by atoms with van der Waals surface area (Å²) < 4.78 is 10.1. The summed E-state index contributed by atoms with van der Waals surface area (Å²) in [4.78, 5) is 41.5. The van der Waals surface area contributed by atoms with E-state index in [1.165, 1.54) is 18.5 Å². The average molecular weight is 710 g/mol. The number of nitrogen functional groups attached to an aromatic ring is 2. The van der Waals surface area contributed by atoms with Gasteiger partial charge in [0.15, 0.2) is 5.65 Å². The summed E-state index contributed by atoms with van der Waals surface area (Å²) in [5, 5.41) is 11.5. The summed E-state index contributed by atoms with van der Waals surface area (Å²) in [5.74, 6) is 1.85. The van der Waals surface area contributed by atoms with Crippen LogP contribution in [-0.4, -0.2) is 82.3 Å². The van der Waals surface area contributed by atoms with Gasteiger partial charge in [0.1, 0.15) is 40.8 Å². The number of carbonyl (C=O) groups excluding carboxylic acids is 2. The van der Waals surface area contributed by atoms with E-state index in [1.807, 2.05) is 68.9 Å². The number of hydrogen-bond acceptors (Lipinski definition) is 10. The number of likely N-dealkylation sites (tertiary alicyclic amines) is 2. The number of carbonyl (C=O) groups is 2. The number of hydrogen-bond donors (Lipinski definition) is 2. The Kier molecular flexibility index (Phi) is 8.78. The highest BCUT2D eigenvalue weighted by Crippen LogP contribution is 2.37. The number of aromatic nitrogens is 7. The van der Waals surface area contributed by atoms with E-state index in [9.17, 15) is 9.59 Å². The molecule has 6 aromatic rings. The number of ether oxygens (including phenoxy) is 1. The van der Waals surface area contributed by atoms with Crippen molar-refractivity contribution in [1.29, 1.82) is 0 Å². The Morgan fingerprint density at radius 2 is 1.23 bits per heavy atom. The predicted molar refractivity (Wildman–Crippen MR) is 203 cm³/mol. The molecular formula is C39H39N11O3. The number of amides is 2. The highest BCUT2D eigenvalue weighted by molar-refractivity contribution is 6.00. The van der Waals surface area contributed by atoms with Crippen molar-refractivity contribution in [3.05, 3.63) is 92.4 Å². The summed E-state index contributed by atoms with van der Waals surface area (Å²) in [6.07, 6.45) is 9.29. The lowest BCUT2D eigenvalue weighted by molar-refractivity contribution is -0.128. The van der Waals surface area contributed by atoms with Gasteiger partial charge in [-0.3, -0.25) is 14.3 Å². The molecule has 53 heavy (non-hydrogen) atoms. The molecule has 0 spiro atoms. The first-order valence-electron chi connectivity index (χ1n) is 17.7. The van der Waals surface area contributed by atoms with E-state index in [2.05, 4.69) is 28.1 Å². The molecule has 14 heteroatoms. The number of nitrogens with two attached hydrogens (primary N) is 2. The van der Waals surface area contributed by atoms with Crippen molar-refractivity contribution in [2.45, 2.75) is 37.8 Å². The predicted octanol–water partition coefficient (Wildman–Crippen LogP) is 5.56. The molecule has 8 rings (SSSR count). The SMILES string of the molecule is C=CC(=O)N1CCC[C@@H](n2nc(-c3ccc(Oc4ccc(-c5nn([C@@H]6CCCN(C(=O)C=C)C6)c6ncnc(N)c56)cc4)cc3)c3c(N)nccc32)C1. The highest BCUT2D eigenvalue weighted by atomic mass is 16.5. The number of rotatable bonds is 8. The van der Waals surface area contributed by atoms with E-state index in [4.69, 9.17) is 26.4 Å². The fourth-order valence-corrected chi connectivity index (χ4v) is 7.51. The number of anilines is 2. The molecule has 0 saturated carbocycles. The first-order chi connectivity index (χ1) is 25.8. The lowest BCUT2D eigenvalue weighted by Gasteiger charge is -2.32. The molecule has 6 heterocycles. The van der Waals surface area contributed by atoms with Gasteiger partial charge in [-0.05, 0) is 92.4 Å². The second kappa shape index (κ2) is 13.9. The number of nitrogens with zero attached hydrogens (tertiary/aromatic N) is 9. The van der Waals surface area contributed by atoms with E-state index in [0.717, 1.165) is 53.4 Å². The molecule has 4 aromatic heterocycles. The number of piperidine rings is 2. The lowest BCUT2D eigenvalue weighted by Crippen LogP contribution is -2.40. The van der Waals surface area contributed by atoms with Gasteiger partial charge in [-0.2, -0.15) is 10.2 Å². The zero-order valence-electron chi connectivity index (χ0n) is 29.1. The zero-order valence-corrected chi connectivity index (χ0v) is 29.1. The summed E-state index contributed by atoms with van der Waals surface area (Å²) in [6, 6.07) is 17.2. The van der Waals surface area contributed by atoms with Crippen molar-refractivity contribution in [2.75, 3.05) is 37.6 Å². The molecule has 0 aliphatic carbocycles. The Balaban J connectivity index is 1.03. The first-order valence-corrected chi connectivity index (χ1v) is 17.7. The monoisotopic (exact) mass is 709 g/mol. The van der Waals surface area contributed by atoms with Crippen molar-refractivity contribution < 1.29 is 14.3 Å². The standard InChI is InChI=1S/C39H39N11O3/c1-3-31(51)47-19-5-7-26(21-47)49-30-17-18-42-37(40)33(30)35(45-49)24-9-13-28(14-10-24)53-29-15-11-25(12-16-29)36-34-38(41)43-23-44-39(34)50(46-36)27-8-6-20-48(22-27)32(52)4-2/h3-4,9-18,23,26-27H,1-2,5-8,19-22H2,(H2,40,42)(H2,41,43,44)/t26-,27-/m1/s1. The topological polar surface area (TPSA) is 176 Å². The fraction of sp³-hybridized carbons (Fsp3) is 0.256. The van der Waals surface area contributed by atoms with E-state index < -0.39 is 0 Å². The van der Waals surface area contributed by atoms with Crippen molar-refractivity contribution in [3.8, 4) is 34.0 Å². The van der Waals surface area contributed by atoms with Crippen LogP contribution in [0.4, 0.5) is 11.6 Å². The van der Waals surface area contributed by atoms with Crippen molar-refractivity contribution >= 4 is 45.4 Å². The minimum absolute atomic E-state index is 0.00220. The van der Waals surface area contributed by atoms with Crippen LogP contribution in [0, 0.1) is 0 Å². The van der Waals surface area contributed by atoms with E-state index in [-0.39, 0.29) is 23.9 Å². The van der Waals surface area contributed by atoms with Crippen LogP contribution < -0.4 is 16.2 Å². The maximum Gasteiger partial charge on any atom is 0.246 e. The van der Waals surface area contributed by atoms with Gasteiger partial charge in [0.2, 0.25) is 11.8 Å². The normalized spacial score (nSPS) is 17.6.